The van der Waals surface area contributed by atoms with Gasteiger partial charge in [-0.1, -0.05) is 18.2 Å². The van der Waals surface area contributed by atoms with E-state index in [-0.39, 0.29) is 0 Å². The van der Waals surface area contributed by atoms with E-state index in [0.29, 0.717) is 33.1 Å². The molecule has 2 heterocycles. The van der Waals surface area contributed by atoms with E-state index in [1.807, 2.05) is 30.3 Å². The first kappa shape index (κ1) is 21.1. The van der Waals surface area contributed by atoms with Gasteiger partial charge in [-0.05, 0) is 64.7 Å². The van der Waals surface area contributed by atoms with Crippen molar-refractivity contribution >= 4 is 23.9 Å². The molecule has 0 saturated heterocycles. The Morgan fingerprint density at radius 1 is 1.09 bits per heavy atom. The van der Waals surface area contributed by atoms with Gasteiger partial charge in [0.15, 0.2) is 16.6 Å². The van der Waals surface area contributed by atoms with E-state index in [2.05, 4.69) is 26.1 Å². The van der Waals surface area contributed by atoms with E-state index in [0.717, 1.165) is 5.69 Å². The summed E-state index contributed by atoms with van der Waals surface area (Å²) < 4.78 is 17.7. The summed E-state index contributed by atoms with van der Waals surface area (Å²) in [6, 6.07) is 17.9. The van der Waals surface area contributed by atoms with Crippen molar-refractivity contribution in [2.24, 2.45) is 5.10 Å². The lowest BCUT2D eigenvalue weighted by atomic mass is 10.2. The second kappa shape index (κ2) is 9.79. The molecule has 1 N–H and O–H groups in total. The molecule has 0 atom stereocenters. The number of hydrazone groups is 1. The largest absolute Gasteiger partial charge is 0.493 e. The number of furan rings is 1. The average Bonchev–Trinajstić information content (AvgIpc) is 3.49. The first-order valence-corrected chi connectivity index (χ1v) is 10.2. The van der Waals surface area contributed by atoms with Crippen LogP contribution in [0.5, 0.6) is 11.5 Å². The average molecular weight is 450 g/mol. The maximum atomic E-state index is 12.3. The number of nitrogens with one attached hydrogen (secondary N) is 1. The van der Waals surface area contributed by atoms with Gasteiger partial charge < -0.3 is 13.9 Å². The van der Waals surface area contributed by atoms with Gasteiger partial charge in [-0.25, -0.2) is 5.43 Å². The molecule has 0 bridgehead atoms. The Bertz CT molecular complexity index is 1240. The molecule has 162 valence electrons. The highest BCUT2D eigenvalue weighted by atomic mass is 32.2. The van der Waals surface area contributed by atoms with Gasteiger partial charge in [-0.15, -0.1) is 5.10 Å². The van der Waals surface area contributed by atoms with Crippen molar-refractivity contribution < 1.29 is 18.7 Å². The standard InChI is InChI=1S/C21H18N6O4S/c1-29-17-10-8-14(12-18(17)30-2)20(28)23-22-13-16-9-11-19(31-16)32-21-24-25-26-27(21)15-6-4-3-5-7-15/h3-13H,1-2H3,(H,23,28)/b22-13+. The quantitative estimate of drug-likeness (QED) is 0.321. The molecule has 0 spiro atoms. The normalized spacial score (nSPS) is 10.9. The maximum Gasteiger partial charge on any atom is 0.271 e. The summed E-state index contributed by atoms with van der Waals surface area (Å²) in [7, 11) is 3.03. The van der Waals surface area contributed by atoms with E-state index < -0.39 is 5.91 Å². The van der Waals surface area contributed by atoms with Crippen LogP contribution in [-0.4, -0.2) is 46.5 Å². The number of ether oxygens (including phenoxy) is 2. The summed E-state index contributed by atoms with van der Waals surface area (Å²) >= 11 is 1.27. The van der Waals surface area contributed by atoms with Gasteiger partial charge in [-0.2, -0.15) is 9.78 Å². The summed E-state index contributed by atoms with van der Waals surface area (Å²) in [5, 5.41) is 16.9. The monoisotopic (exact) mass is 450 g/mol. The van der Waals surface area contributed by atoms with E-state index in [9.17, 15) is 4.79 Å². The van der Waals surface area contributed by atoms with Crippen molar-refractivity contribution in [2.45, 2.75) is 10.2 Å². The highest BCUT2D eigenvalue weighted by Gasteiger charge is 2.13. The predicted molar refractivity (Wildman–Crippen MR) is 117 cm³/mol. The Balaban J connectivity index is 1.39. The molecule has 1 amide bonds. The highest BCUT2D eigenvalue weighted by molar-refractivity contribution is 7.99. The van der Waals surface area contributed by atoms with Gasteiger partial charge in [0, 0.05) is 5.56 Å². The minimum absolute atomic E-state index is 0.378. The van der Waals surface area contributed by atoms with Crippen LogP contribution < -0.4 is 14.9 Å². The van der Waals surface area contributed by atoms with E-state index in [1.54, 1.807) is 35.0 Å². The Morgan fingerprint density at radius 3 is 2.69 bits per heavy atom. The molecular weight excluding hydrogens is 432 g/mol. The first-order valence-electron chi connectivity index (χ1n) is 9.35. The Kier molecular flexibility index (Phi) is 6.46. The van der Waals surface area contributed by atoms with Crippen molar-refractivity contribution in [1.82, 2.24) is 25.6 Å². The summed E-state index contributed by atoms with van der Waals surface area (Å²) in [4.78, 5) is 12.3. The molecule has 0 radical (unpaired) electrons. The lowest BCUT2D eigenvalue weighted by molar-refractivity contribution is 0.0954. The minimum atomic E-state index is -0.398. The van der Waals surface area contributed by atoms with Crippen molar-refractivity contribution in [3.63, 3.8) is 0 Å². The number of nitrogens with zero attached hydrogens (tertiary/aromatic N) is 5. The van der Waals surface area contributed by atoms with Crippen LogP contribution >= 0.6 is 11.8 Å². The number of tetrazole rings is 1. The molecule has 2 aromatic heterocycles. The number of aromatic nitrogens is 4. The van der Waals surface area contributed by atoms with Crippen LogP contribution in [0.25, 0.3) is 5.69 Å². The van der Waals surface area contributed by atoms with Crippen molar-refractivity contribution in [1.29, 1.82) is 0 Å². The van der Waals surface area contributed by atoms with Gasteiger partial charge in [0.05, 0.1) is 26.1 Å². The Labute approximate surface area is 187 Å². The van der Waals surface area contributed by atoms with Crippen LogP contribution in [0.2, 0.25) is 0 Å². The van der Waals surface area contributed by atoms with Gasteiger partial charge in [0.2, 0.25) is 5.16 Å². The second-order valence-corrected chi connectivity index (χ2v) is 7.21. The Morgan fingerprint density at radius 2 is 1.91 bits per heavy atom. The third kappa shape index (κ3) is 4.78. The number of carbonyl (C=O) groups excluding carboxylic acids is 1. The molecule has 0 fully saturated rings. The summed E-state index contributed by atoms with van der Waals surface area (Å²) in [5.74, 6) is 1.05. The number of hydrogen-bond acceptors (Lipinski definition) is 9. The summed E-state index contributed by atoms with van der Waals surface area (Å²) in [6.45, 7) is 0. The van der Waals surface area contributed by atoms with E-state index in [1.165, 1.54) is 32.2 Å². The fourth-order valence-corrected chi connectivity index (χ4v) is 3.48. The molecule has 0 aliphatic carbocycles. The third-order valence-corrected chi connectivity index (χ3v) is 5.10. The smallest absolute Gasteiger partial charge is 0.271 e. The molecular formula is C21H18N6O4S. The molecule has 0 aliphatic rings. The van der Waals surface area contributed by atoms with Crippen molar-refractivity contribution in [3.8, 4) is 17.2 Å². The van der Waals surface area contributed by atoms with Crippen LogP contribution in [-0.2, 0) is 0 Å². The zero-order chi connectivity index (χ0) is 22.3. The summed E-state index contributed by atoms with van der Waals surface area (Å²) in [6.07, 6.45) is 1.41. The van der Waals surface area contributed by atoms with E-state index in [4.69, 9.17) is 13.9 Å². The first-order chi connectivity index (χ1) is 15.7. The van der Waals surface area contributed by atoms with Gasteiger partial charge in [-0.3, -0.25) is 4.79 Å². The third-order valence-electron chi connectivity index (χ3n) is 4.24. The molecule has 4 rings (SSSR count). The molecule has 4 aromatic rings. The maximum absolute atomic E-state index is 12.3. The fraction of sp³-hybridized carbons (Fsp3) is 0.0952. The molecule has 2 aromatic carbocycles. The zero-order valence-corrected chi connectivity index (χ0v) is 17.9. The number of rotatable bonds is 8. The molecule has 11 heteroatoms. The predicted octanol–water partition coefficient (Wildman–Crippen LogP) is 3.19. The number of para-hydroxylation sites is 1. The van der Waals surface area contributed by atoms with Crippen LogP contribution in [0.1, 0.15) is 16.1 Å². The summed E-state index contributed by atoms with van der Waals surface area (Å²) in [5.41, 5.74) is 3.67. The SMILES string of the molecule is COc1ccc(C(=O)N/N=C/c2ccc(Sc3nnnn3-c3ccccc3)o2)cc1OC. The van der Waals surface area contributed by atoms with Crippen LogP contribution in [0.4, 0.5) is 0 Å². The number of carbonyl (C=O) groups is 1. The topological polar surface area (TPSA) is 117 Å². The molecule has 0 unspecified atom stereocenters. The van der Waals surface area contributed by atoms with Gasteiger partial charge in [0.1, 0.15) is 5.76 Å². The molecule has 0 aliphatic heterocycles. The fourth-order valence-electron chi connectivity index (χ4n) is 2.72. The van der Waals surface area contributed by atoms with Gasteiger partial charge in [0.25, 0.3) is 5.91 Å². The lowest BCUT2D eigenvalue weighted by Crippen LogP contribution is -2.17. The van der Waals surface area contributed by atoms with E-state index >= 15 is 0 Å². The highest BCUT2D eigenvalue weighted by Crippen LogP contribution is 2.29. The van der Waals surface area contributed by atoms with Crippen molar-refractivity contribution in [2.75, 3.05) is 14.2 Å². The van der Waals surface area contributed by atoms with Crippen LogP contribution in [0.15, 0.2) is 80.4 Å². The zero-order valence-electron chi connectivity index (χ0n) is 17.1. The number of methoxy groups -OCH3 is 2. The molecule has 0 saturated carbocycles. The molecule has 10 nitrogen and oxygen atoms in total. The van der Waals surface area contributed by atoms with Crippen molar-refractivity contribution in [3.05, 3.63) is 72.0 Å². The lowest BCUT2D eigenvalue weighted by Gasteiger charge is -2.08. The number of amides is 1. The Hall–Kier alpha value is -4.12. The second-order valence-electron chi connectivity index (χ2n) is 6.24. The van der Waals surface area contributed by atoms with Gasteiger partial charge >= 0.3 is 0 Å². The number of benzene rings is 2. The van der Waals surface area contributed by atoms with Crippen LogP contribution in [0, 0.1) is 0 Å². The van der Waals surface area contributed by atoms with Crippen LogP contribution in [0.3, 0.4) is 0 Å². The minimum Gasteiger partial charge on any atom is -0.493 e. The number of hydrogen-bond donors (Lipinski definition) is 1. The molecule has 32 heavy (non-hydrogen) atoms.